The lowest BCUT2D eigenvalue weighted by atomic mass is 9.96. The van der Waals surface area contributed by atoms with E-state index in [9.17, 15) is 9.59 Å². The number of rotatable bonds is 9. The standard InChI is InChI=1S/C36H44N4O4/c1-36(2,3)44-35(42)40-31-13-12-25(24-39-15-6-5-7-16-39)18-27(31)21-32(40)30-20-26(19-28-22-37-34(41)33(28)30)23-38(4)14-8-10-29-11-9-17-43-29/h9,11-13,17-21H,5-8,10,14-16,22-24H2,1-4H3,(H,37,41). The third-order valence-electron chi connectivity index (χ3n) is 8.51. The number of furan rings is 1. The van der Waals surface area contributed by atoms with Crippen LogP contribution in [0.25, 0.3) is 22.2 Å². The number of likely N-dealkylation sites (tertiary alicyclic amines) is 1. The number of hydrogen-bond donors (Lipinski definition) is 1. The largest absolute Gasteiger partial charge is 0.469 e. The molecule has 6 rings (SSSR count). The van der Waals surface area contributed by atoms with E-state index in [0.717, 1.165) is 78.9 Å². The highest BCUT2D eigenvalue weighted by atomic mass is 16.6. The number of nitrogens with one attached hydrogen (secondary N) is 1. The van der Waals surface area contributed by atoms with Gasteiger partial charge in [0.2, 0.25) is 0 Å². The summed E-state index contributed by atoms with van der Waals surface area (Å²) in [6.07, 6.45) is 6.92. The first-order valence-corrected chi connectivity index (χ1v) is 15.9. The summed E-state index contributed by atoms with van der Waals surface area (Å²) in [6.45, 7) is 10.9. The number of fused-ring (bicyclic) bond motifs is 2. The number of aromatic nitrogens is 1. The Labute approximate surface area is 260 Å². The number of aryl methyl sites for hydroxylation is 1. The molecule has 4 heterocycles. The molecule has 4 aromatic rings. The minimum absolute atomic E-state index is 0.111. The Morgan fingerprint density at radius 1 is 1.05 bits per heavy atom. The lowest BCUT2D eigenvalue weighted by molar-refractivity contribution is 0.0547. The lowest BCUT2D eigenvalue weighted by Gasteiger charge is -2.26. The lowest BCUT2D eigenvalue weighted by Crippen LogP contribution is -2.29. The quantitative estimate of drug-likeness (QED) is 0.225. The SMILES string of the molecule is CN(CCCc1ccco1)Cc1cc2c(c(-c3cc4cc(CN5CCCCC5)ccc4n3C(=O)OC(C)(C)C)c1)C(=O)NC2. The Hall–Kier alpha value is -3.88. The van der Waals surface area contributed by atoms with Crippen LogP contribution in [0, 0.1) is 0 Å². The molecule has 1 amide bonds. The van der Waals surface area contributed by atoms with Crippen molar-refractivity contribution in [2.75, 3.05) is 26.7 Å². The van der Waals surface area contributed by atoms with E-state index in [1.807, 2.05) is 39.0 Å². The molecule has 0 unspecified atom stereocenters. The fraction of sp³-hybridized carbons (Fsp3) is 0.444. The zero-order valence-electron chi connectivity index (χ0n) is 26.4. The molecule has 0 aliphatic carbocycles. The average Bonchev–Trinajstić information content (AvgIpc) is 3.71. The van der Waals surface area contributed by atoms with Crippen LogP contribution in [0.5, 0.6) is 0 Å². The number of carbonyl (C=O) groups is 2. The smallest absolute Gasteiger partial charge is 0.419 e. The van der Waals surface area contributed by atoms with Crippen LogP contribution in [-0.2, 0) is 30.8 Å². The van der Waals surface area contributed by atoms with Crippen molar-refractivity contribution in [3.05, 3.63) is 82.8 Å². The number of ether oxygens (including phenoxy) is 1. The van der Waals surface area contributed by atoms with Gasteiger partial charge in [-0.25, -0.2) is 9.36 Å². The molecule has 1 N–H and O–H groups in total. The minimum atomic E-state index is -0.668. The summed E-state index contributed by atoms with van der Waals surface area (Å²) < 4.78 is 13.1. The van der Waals surface area contributed by atoms with E-state index >= 15 is 0 Å². The van der Waals surface area contributed by atoms with E-state index in [4.69, 9.17) is 9.15 Å². The maximum Gasteiger partial charge on any atom is 0.419 e. The molecule has 8 heteroatoms. The highest BCUT2D eigenvalue weighted by molar-refractivity contribution is 6.07. The van der Waals surface area contributed by atoms with E-state index in [0.29, 0.717) is 17.8 Å². The predicted octanol–water partition coefficient (Wildman–Crippen LogP) is 6.98. The topological polar surface area (TPSA) is 80.0 Å². The maximum absolute atomic E-state index is 13.8. The second kappa shape index (κ2) is 12.6. The van der Waals surface area contributed by atoms with Crippen LogP contribution in [0.2, 0.25) is 0 Å². The Morgan fingerprint density at radius 2 is 1.86 bits per heavy atom. The molecule has 1 fully saturated rings. The van der Waals surface area contributed by atoms with Gasteiger partial charge in [-0.15, -0.1) is 0 Å². The van der Waals surface area contributed by atoms with Gasteiger partial charge in [0.05, 0.1) is 23.0 Å². The molecule has 1 saturated heterocycles. The Balaban J connectivity index is 1.36. The molecule has 44 heavy (non-hydrogen) atoms. The molecule has 0 spiro atoms. The van der Waals surface area contributed by atoms with E-state index in [-0.39, 0.29) is 5.91 Å². The van der Waals surface area contributed by atoms with Crippen molar-refractivity contribution in [2.24, 2.45) is 0 Å². The monoisotopic (exact) mass is 596 g/mol. The summed E-state index contributed by atoms with van der Waals surface area (Å²) in [5.41, 5.74) is 5.47. The van der Waals surface area contributed by atoms with Crippen molar-refractivity contribution < 1.29 is 18.7 Å². The molecule has 0 radical (unpaired) electrons. The Kier molecular flexibility index (Phi) is 8.65. The molecule has 0 atom stereocenters. The van der Waals surface area contributed by atoms with Gasteiger partial charge in [-0.1, -0.05) is 18.6 Å². The fourth-order valence-corrected chi connectivity index (χ4v) is 6.54. The van der Waals surface area contributed by atoms with E-state index in [2.05, 4.69) is 52.5 Å². The van der Waals surface area contributed by atoms with Crippen molar-refractivity contribution in [1.82, 2.24) is 19.7 Å². The number of carbonyl (C=O) groups excluding carboxylic acids is 2. The van der Waals surface area contributed by atoms with Crippen LogP contribution < -0.4 is 5.32 Å². The first-order chi connectivity index (χ1) is 21.1. The second-order valence-corrected chi connectivity index (χ2v) is 13.4. The molecular formula is C36H44N4O4. The number of hydrogen-bond acceptors (Lipinski definition) is 6. The van der Waals surface area contributed by atoms with Gasteiger partial charge < -0.3 is 19.4 Å². The number of piperidine rings is 1. The third-order valence-corrected chi connectivity index (χ3v) is 8.51. The second-order valence-electron chi connectivity index (χ2n) is 13.4. The van der Waals surface area contributed by atoms with Gasteiger partial charge in [-0.05, 0) is 120 Å². The maximum atomic E-state index is 13.8. The summed E-state index contributed by atoms with van der Waals surface area (Å²) in [5.74, 6) is 0.886. The summed E-state index contributed by atoms with van der Waals surface area (Å²) in [5, 5.41) is 3.97. The molecule has 0 saturated carbocycles. The molecule has 8 nitrogen and oxygen atoms in total. The van der Waals surface area contributed by atoms with Gasteiger partial charge >= 0.3 is 6.09 Å². The van der Waals surface area contributed by atoms with Crippen LogP contribution in [0.3, 0.4) is 0 Å². The fourth-order valence-electron chi connectivity index (χ4n) is 6.54. The zero-order chi connectivity index (χ0) is 30.8. The first kappa shape index (κ1) is 30.2. The van der Waals surface area contributed by atoms with Crippen molar-refractivity contribution in [1.29, 1.82) is 0 Å². The van der Waals surface area contributed by atoms with Crippen molar-refractivity contribution >= 4 is 22.9 Å². The summed E-state index contributed by atoms with van der Waals surface area (Å²) in [7, 11) is 2.11. The Morgan fingerprint density at radius 3 is 2.61 bits per heavy atom. The van der Waals surface area contributed by atoms with Gasteiger partial charge in [0.25, 0.3) is 5.91 Å². The van der Waals surface area contributed by atoms with Gasteiger partial charge in [0, 0.05) is 37.0 Å². The van der Waals surface area contributed by atoms with Crippen LogP contribution in [0.4, 0.5) is 4.79 Å². The average molecular weight is 597 g/mol. The van der Waals surface area contributed by atoms with E-state index in [1.165, 1.54) is 24.8 Å². The minimum Gasteiger partial charge on any atom is -0.469 e. The molecular weight excluding hydrogens is 552 g/mol. The van der Waals surface area contributed by atoms with Crippen molar-refractivity contribution in [3.8, 4) is 11.3 Å². The summed E-state index contributed by atoms with van der Waals surface area (Å²) in [6, 6.07) is 16.5. The van der Waals surface area contributed by atoms with E-state index < -0.39 is 11.7 Å². The van der Waals surface area contributed by atoms with Crippen molar-refractivity contribution in [3.63, 3.8) is 0 Å². The van der Waals surface area contributed by atoms with Crippen molar-refractivity contribution in [2.45, 2.75) is 78.1 Å². The summed E-state index contributed by atoms with van der Waals surface area (Å²) >= 11 is 0. The first-order valence-electron chi connectivity index (χ1n) is 15.9. The van der Waals surface area contributed by atoms with Gasteiger partial charge in [-0.3, -0.25) is 9.69 Å². The molecule has 232 valence electrons. The molecule has 2 aromatic heterocycles. The third kappa shape index (κ3) is 6.76. The zero-order valence-corrected chi connectivity index (χ0v) is 26.4. The van der Waals surface area contributed by atoms with E-state index in [1.54, 1.807) is 10.8 Å². The molecule has 0 bridgehead atoms. The van der Waals surface area contributed by atoms with Crippen LogP contribution in [0.1, 0.15) is 79.3 Å². The van der Waals surface area contributed by atoms with Crippen LogP contribution >= 0.6 is 0 Å². The highest BCUT2D eigenvalue weighted by Crippen LogP contribution is 2.36. The van der Waals surface area contributed by atoms with Gasteiger partial charge in [0.15, 0.2) is 0 Å². The Bertz CT molecular complexity index is 1640. The van der Waals surface area contributed by atoms with Crippen LogP contribution in [-0.4, -0.2) is 58.7 Å². The normalized spacial score (nSPS) is 15.6. The number of amides is 1. The summed E-state index contributed by atoms with van der Waals surface area (Å²) in [4.78, 5) is 31.8. The molecule has 2 aliphatic rings. The van der Waals surface area contributed by atoms with Crippen LogP contribution in [0.15, 0.2) is 59.2 Å². The number of benzene rings is 2. The highest BCUT2D eigenvalue weighted by Gasteiger charge is 2.29. The molecule has 2 aliphatic heterocycles. The van der Waals surface area contributed by atoms with Gasteiger partial charge in [-0.2, -0.15) is 0 Å². The van der Waals surface area contributed by atoms with Gasteiger partial charge in [0.1, 0.15) is 11.4 Å². The molecule has 2 aromatic carbocycles. The number of nitrogens with zero attached hydrogens (tertiary/aromatic N) is 3. The predicted molar refractivity (Wildman–Crippen MR) is 173 cm³/mol.